The predicted octanol–water partition coefficient (Wildman–Crippen LogP) is 1.75. The van der Waals surface area contributed by atoms with Gasteiger partial charge in [0.25, 0.3) is 0 Å². The van der Waals surface area contributed by atoms with E-state index in [0.717, 1.165) is 43.6 Å². The Morgan fingerprint density at radius 2 is 2.00 bits per heavy atom. The number of nitrogens with two attached hydrogens (primary N) is 1. The van der Waals surface area contributed by atoms with E-state index < -0.39 is 0 Å². The molecule has 0 saturated carbocycles. The van der Waals surface area contributed by atoms with Crippen LogP contribution in [-0.4, -0.2) is 46.7 Å². The van der Waals surface area contributed by atoms with Gasteiger partial charge in [-0.05, 0) is 44.5 Å². The minimum atomic E-state index is 0.235. The van der Waals surface area contributed by atoms with Gasteiger partial charge in [0.05, 0.1) is 7.11 Å². The van der Waals surface area contributed by atoms with Crippen molar-refractivity contribution in [2.45, 2.75) is 26.3 Å². The number of nitrogen functional groups attached to an aromatic ring is 1. The zero-order valence-electron chi connectivity index (χ0n) is 13.0. The lowest BCUT2D eigenvalue weighted by atomic mass is 9.80. The van der Waals surface area contributed by atoms with Gasteiger partial charge < -0.3 is 15.4 Å². The van der Waals surface area contributed by atoms with Crippen molar-refractivity contribution in [1.82, 2.24) is 19.4 Å². The minimum absolute atomic E-state index is 0.235. The van der Waals surface area contributed by atoms with Gasteiger partial charge in [-0.15, -0.1) is 0 Å². The quantitative estimate of drug-likeness (QED) is 0.932. The molecule has 0 radical (unpaired) electrons. The van der Waals surface area contributed by atoms with E-state index in [1.165, 1.54) is 0 Å². The number of anilines is 1. The Bertz CT molecular complexity index is 643. The minimum Gasteiger partial charge on any atom is -0.481 e. The first-order chi connectivity index (χ1) is 10.0. The van der Waals surface area contributed by atoms with E-state index in [4.69, 9.17) is 10.5 Å². The van der Waals surface area contributed by atoms with Crippen molar-refractivity contribution in [2.75, 3.05) is 33.0 Å². The second kappa shape index (κ2) is 5.18. The van der Waals surface area contributed by atoms with Crippen molar-refractivity contribution in [3.05, 3.63) is 12.1 Å². The van der Waals surface area contributed by atoms with E-state index in [2.05, 4.69) is 28.8 Å². The van der Waals surface area contributed by atoms with Gasteiger partial charge in [-0.1, -0.05) is 6.92 Å². The number of aromatic nitrogens is 3. The summed E-state index contributed by atoms with van der Waals surface area (Å²) in [6.45, 7) is 5.42. The number of nitrogens with zero attached hydrogens (tertiary/aromatic N) is 4. The van der Waals surface area contributed by atoms with Crippen LogP contribution in [0, 0.1) is 5.41 Å². The zero-order chi connectivity index (χ0) is 15.0. The Kier molecular flexibility index (Phi) is 3.49. The summed E-state index contributed by atoms with van der Waals surface area (Å²) in [6.07, 6.45) is 2.32. The summed E-state index contributed by atoms with van der Waals surface area (Å²) in [6, 6.07) is 3.72. The normalized spacial score (nSPS) is 19.0. The number of pyridine rings is 1. The van der Waals surface area contributed by atoms with E-state index in [1.54, 1.807) is 7.11 Å². The van der Waals surface area contributed by atoms with Crippen molar-refractivity contribution in [3.8, 4) is 5.88 Å². The molecule has 0 unspecified atom stereocenters. The number of rotatable bonds is 3. The maximum atomic E-state index is 6.11. The molecule has 1 aliphatic heterocycles. The molecule has 3 heterocycles. The molecule has 1 saturated heterocycles. The molecule has 0 spiro atoms. The third kappa shape index (κ3) is 2.68. The highest BCUT2D eigenvalue weighted by atomic mass is 16.5. The first-order valence-electron chi connectivity index (χ1n) is 7.36. The molecule has 1 fully saturated rings. The lowest BCUT2D eigenvalue weighted by Crippen LogP contribution is -2.38. The van der Waals surface area contributed by atoms with E-state index in [9.17, 15) is 0 Å². The second-order valence-electron chi connectivity index (χ2n) is 6.37. The summed E-state index contributed by atoms with van der Waals surface area (Å²) in [5.41, 5.74) is 7.98. The highest BCUT2D eigenvalue weighted by Gasteiger charge is 2.30. The number of fused-ring (bicyclic) bond motifs is 1. The van der Waals surface area contributed by atoms with Gasteiger partial charge in [0, 0.05) is 12.6 Å². The third-order valence-corrected chi connectivity index (χ3v) is 4.54. The second-order valence-corrected chi connectivity index (χ2v) is 6.37. The fourth-order valence-corrected chi connectivity index (χ4v) is 2.97. The lowest BCUT2D eigenvalue weighted by molar-refractivity contribution is 0.122. The molecule has 1 aliphatic rings. The Morgan fingerprint density at radius 1 is 1.29 bits per heavy atom. The SMILES string of the molecule is COc1ccc2nc(N)n(CC3(C)CCN(C)CC3)c2n1. The van der Waals surface area contributed by atoms with Crippen LogP contribution in [0.5, 0.6) is 5.88 Å². The average molecular weight is 289 g/mol. The summed E-state index contributed by atoms with van der Waals surface area (Å²) in [5.74, 6) is 1.13. The van der Waals surface area contributed by atoms with Crippen LogP contribution < -0.4 is 10.5 Å². The molecule has 2 aromatic heterocycles. The van der Waals surface area contributed by atoms with Crippen LogP contribution in [0.1, 0.15) is 19.8 Å². The van der Waals surface area contributed by atoms with Crippen molar-refractivity contribution >= 4 is 17.1 Å². The molecule has 0 atom stereocenters. The van der Waals surface area contributed by atoms with Crippen LogP contribution in [0.4, 0.5) is 5.95 Å². The van der Waals surface area contributed by atoms with Crippen LogP contribution >= 0.6 is 0 Å². The molecule has 0 aliphatic carbocycles. The molecule has 3 rings (SSSR count). The number of piperidine rings is 1. The summed E-state index contributed by atoms with van der Waals surface area (Å²) in [7, 11) is 3.80. The fourth-order valence-electron chi connectivity index (χ4n) is 2.97. The molecule has 2 aromatic rings. The fraction of sp³-hybridized carbons (Fsp3) is 0.600. The molecule has 6 nitrogen and oxygen atoms in total. The van der Waals surface area contributed by atoms with Gasteiger partial charge in [0.2, 0.25) is 11.8 Å². The van der Waals surface area contributed by atoms with Crippen molar-refractivity contribution < 1.29 is 4.74 Å². The zero-order valence-corrected chi connectivity index (χ0v) is 13.0. The van der Waals surface area contributed by atoms with Crippen molar-refractivity contribution in [3.63, 3.8) is 0 Å². The predicted molar refractivity (Wildman–Crippen MR) is 83.3 cm³/mol. The summed E-state index contributed by atoms with van der Waals surface area (Å²) < 4.78 is 7.25. The maximum Gasteiger partial charge on any atom is 0.215 e. The molecule has 2 N–H and O–H groups in total. The Balaban J connectivity index is 1.94. The Labute approximate surface area is 124 Å². The molecule has 6 heteroatoms. The van der Waals surface area contributed by atoms with Crippen LogP contribution in [0.2, 0.25) is 0 Å². The third-order valence-electron chi connectivity index (χ3n) is 4.54. The van der Waals surface area contributed by atoms with Crippen LogP contribution in [0.25, 0.3) is 11.2 Å². The summed E-state index contributed by atoms with van der Waals surface area (Å²) in [5, 5.41) is 0. The standard InChI is InChI=1S/C15H23N5O/c1-15(6-8-19(2)9-7-15)10-20-13-11(17-14(20)16)4-5-12(18-13)21-3/h4-5H,6-10H2,1-3H3,(H2,16,17). The van der Waals surface area contributed by atoms with Gasteiger partial charge in [-0.25, -0.2) is 4.98 Å². The first kappa shape index (κ1) is 14.1. The average Bonchev–Trinajstić information content (AvgIpc) is 2.78. The Morgan fingerprint density at radius 3 is 2.67 bits per heavy atom. The number of imidazole rings is 1. The molecule has 0 amide bonds. The lowest BCUT2D eigenvalue weighted by Gasteiger charge is -2.38. The number of methoxy groups -OCH3 is 1. The van der Waals surface area contributed by atoms with E-state index in [-0.39, 0.29) is 5.41 Å². The van der Waals surface area contributed by atoms with Gasteiger partial charge in [-0.2, -0.15) is 4.98 Å². The van der Waals surface area contributed by atoms with Crippen LogP contribution in [-0.2, 0) is 6.54 Å². The van der Waals surface area contributed by atoms with Crippen molar-refractivity contribution in [2.24, 2.45) is 5.41 Å². The van der Waals surface area contributed by atoms with E-state index >= 15 is 0 Å². The number of likely N-dealkylation sites (tertiary alicyclic amines) is 1. The smallest absolute Gasteiger partial charge is 0.215 e. The number of ether oxygens (including phenoxy) is 1. The van der Waals surface area contributed by atoms with Crippen molar-refractivity contribution in [1.29, 1.82) is 0 Å². The topological polar surface area (TPSA) is 69.2 Å². The molecule has 21 heavy (non-hydrogen) atoms. The van der Waals surface area contributed by atoms with Crippen LogP contribution in [0.15, 0.2) is 12.1 Å². The number of hydrogen-bond acceptors (Lipinski definition) is 5. The van der Waals surface area contributed by atoms with Gasteiger partial charge in [0.15, 0.2) is 5.65 Å². The number of hydrogen-bond donors (Lipinski definition) is 1. The van der Waals surface area contributed by atoms with Gasteiger partial charge in [-0.3, -0.25) is 4.57 Å². The molecular formula is C15H23N5O. The van der Waals surface area contributed by atoms with E-state index in [1.807, 2.05) is 16.7 Å². The maximum absolute atomic E-state index is 6.11. The summed E-state index contributed by atoms with van der Waals surface area (Å²) >= 11 is 0. The largest absolute Gasteiger partial charge is 0.481 e. The van der Waals surface area contributed by atoms with Gasteiger partial charge in [0.1, 0.15) is 5.52 Å². The highest BCUT2D eigenvalue weighted by Crippen LogP contribution is 2.34. The summed E-state index contributed by atoms with van der Waals surface area (Å²) in [4.78, 5) is 11.3. The molecule has 0 bridgehead atoms. The molecular weight excluding hydrogens is 266 g/mol. The molecule has 0 aromatic carbocycles. The van der Waals surface area contributed by atoms with Crippen LogP contribution in [0.3, 0.4) is 0 Å². The molecule has 114 valence electrons. The first-order valence-corrected chi connectivity index (χ1v) is 7.36. The highest BCUT2D eigenvalue weighted by molar-refractivity contribution is 5.74. The van der Waals surface area contributed by atoms with Gasteiger partial charge >= 0.3 is 0 Å². The monoisotopic (exact) mass is 289 g/mol. The van der Waals surface area contributed by atoms with E-state index in [0.29, 0.717) is 11.8 Å². The Hall–Kier alpha value is -1.82.